The van der Waals surface area contributed by atoms with Gasteiger partial charge in [0.25, 0.3) is 0 Å². The summed E-state index contributed by atoms with van der Waals surface area (Å²) in [5.74, 6) is 4.07. The maximum absolute atomic E-state index is 5.39. The minimum Gasteiger partial charge on any atom is -0.493 e. The van der Waals surface area contributed by atoms with Crippen LogP contribution in [0.15, 0.2) is 48.5 Å². The Morgan fingerprint density at radius 3 is 2.61 bits per heavy atom. The number of benzene rings is 2. The van der Waals surface area contributed by atoms with Crippen LogP contribution in [0.4, 0.5) is 0 Å². The lowest BCUT2D eigenvalue weighted by atomic mass is 10.2. The molecular formula is C20H20N4O2S2. The monoisotopic (exact) mass is 412 g/mol. The van der Waals surface area contributed by atoms with Gasteiger partial charge in [-0.05, 0) is 35.9 Å². The fraction of sp³-hybridized carbons (Fsp3) is 0.250. The molecular weight excluding hydrogens is 392 g/mol. The van der Waals surface area contributed by atoms with E-state index < -0.39 is 0 Å². The van der Waals surface area contributed by atoms with Gasteiger partial charge in [0.05, 0.1) is 20.0 Å². The van der Waals surface area contributed by atoms with Crippen LogP contribution in [-0.4, -0.2) is 39.8 Å². The van der Waals surface area contributed by atoms with E-state index in [0.29, 0.717) is 11.5 Å². The second-order valence-corrected chi connectivity index (χ2v) is 8.14. The lowest BCUT2D eigenvalue weighted by Gasteiger charge is -2.07. The molecule has 0 aliphatic heterocycles. The highest BCUT2D eigenvalue weighted by Gasteiger charge is 2.14. The van der Waals surface area contributed by atoms with Crippen LogP contribution in [0, 0.1) is 0 Å². The van der Waals surface area contributed by atoms with Gasteiger partial charge in [0.2, 0.25) is 4.96 Å². The van der Waals surface area contributed by atoms with Gasteiger partial charge in [-0.2, -0.15) is 21.4 Å². The van der Waals surface area contributed by atoms with Crippen molar-refractivity contribution in [3.05, 3.63) is 59.9 Å². The molecule has 144 valence electrons. The molecule has 0 saturated heterocycles. The van der Waals surface area contributed by atoms with E-state index in [2.05, 4.69) is 34.5 Å². The average Bonchev–Trinajstić information content (AvgIpc) is 3.33. The molecule has 4 rings (SSSR count). The number of aromatic nitrogens is 4. The third kappa shape index (κ3) is 3.98. The first-order valence-electron chi connectivity index (χ1n) is 8.83. The zero-order valence-electron chi connectivity index (χ0n) is 15.7. The molecule has 0 fully saturated rings. The van der Waals surface area contributed by atoms with E-state index in [0.717, 1.165) is 39.3 Å². The molecule has 0 unspecified atom stereocenters. The zero-order valence-corrected chi connectivity index (χ0v) is 17.3. The lowest BCUT2D eigenvalue weighted by molar-refractivity contribution is 0.355. The summed E-state index contributed by atoms with van der Waals surface area (Å²) in [6.45, 7) is 0. The number of aryl methyl sites for hydroxylation is 1. The van der Waals surface area contributed by atoms with Crippen LogP contribution >= 0.6 is 23.1 Å². The van der Waals surface area contributed by atoms with Crippen molar-refractivity contribution >= 4 is 28.1 Å². The van der Waals surface area contributed by atoms with Crippen molar-refractivity contribution in [2.45, 2.75) is 12.2 Å². The fourth-order valence-corrected chi connectivity index (χ4v) is 4.57. The Labute approximate surface area is 171 Å². The van der Waals surface area contributed by atoms with Crippen molar-refractivity contribution in [2.24, 2.45) is 0 Å². The third-order valence-corrected chi connectivity index (χ3v) is 6.20. The quantitative estimate of drug-likeness (QED) is 0.401. The summed E-state index contributed by atoms with van der Waals surface area (Å²) in [5, 5.41) is 14.2. The molecule has 4 aromatic rings. The SMILES string of the molecule is COc1ccc(-c2nn3c(CSCCc4ccccc4)nnc3s2)cc1OC. The highest BCUT2D eigenvalue weighted by atomic mass is 32.2. The molecule has 0 aliphatic carbocycles. The van der Waals surface area contributed by atoms with Crippen molar-refractivity contribution in [3.8, 4) is 22.1 Å². The van der Waals surface area contributed by atoms with Crippen LogP contribution in [0.2, 0.25) is 0 Å². The number of nitrogens with zero attached hydrogens (tertiary/aromatic N) is 4. The van der Waals surface area contributed by atoms with Crippen LogP contribution in [0.1, 0.15) is 11.4 Å². The molecule has 0 aliphatic rings. The van der Waals surface area contributed by atoms with E-state index >= 15 is 0 Å². The van der Waals surface area contributed by atoms with Gasteiger partial charge in [-0.3, -0.25) is 0 Å². The Balaban J connectivity index is 1.46. The summed E-state index contributed by atoms with van der Waals surface area (Å²) >= 11 is 3.35. The molecule has 0 N–H and O–H groups in total. The molecule has 28 heavy (non-hydrogen) atoms. The van der Waals surface area contributed by atoms with Gasteiger partial charge in [0, 0.05) is 5.56 Å². The van der Waals surface area contributed by atoms with Crippen LogP contribution < -0.4 is 9.47 Å². The standard InChI is InChI=1S/C20H20N4O2S2/c1-25-16-9-8-15(12-17(16)26-2)19-23-24-18(21-22-20(24)28-19)13-27-11-10-14-6-4-3-5-7-14/h3-9,12H,10-11,13H2,1-2H3. The van der Waals surface area contributed by atoms with Crippen LogP contribution in [-0.2, 0) is 12.2 Å². The van der Waals surface area contributed by atoms with Crippen molar-refractivity contribution in [2.75, 3.05) is 20.0 Å². The summed E-state index contributed by atoms with van der Waals surface area (Å²) in [5.41, 5.74) is 2.32. The van der Waals surface area contributed by atoms with Crippen LogP contribution in [0.5, 0.6) is 11.5 Å². The van der Waals surface area contributed by atoms with Gasteiger partial charge in [0.1, 0.15) is 5.01 Å². The van der Waals surface area contributed by atoms with E-state index in [4.69, 9.17) is 14.6 Å². The van der Waals surface area contributed by atoms with Gasteiger partial charge in [-0.15, -0.1) is 10.2 Å². The second kappa shape index (κ2) is 8.62. The molecule has 0 amide bonds. The molecule has 0 atom stereocenters. The molecule has 6 nitrogen and oxygen atoms in total. The Morgan fingerprint density at radius 2 is 1.82 bits per heavy atom. The van der Waals surface area contributed by atoms with E-state index in [1.54, 1.807) is 14.2 Å². The highest BCUT2D eigenvalue weighted by molar-refractivity contribution is 7.98. The Morgan fingerprint density at radius 1 is 1.00 bits per heavy atom. The van der Waals surface area contributed by atoms with Crippen molar-refractivity contribution < 1.29 is 9.47 Å². The molecule has 8 heteroatoms. The van der Waals surface area contributed by atoms with Crippen LogP contribution in [0.3, 0.4) is 0 Å². The lowest BCUT2D eigenvalue weighted by Crippen LogP contribution is -1.96. The number of fused-ring (bicyclic) bond motifs is 1. The summed E-state index contributed by atoms with van der Waals surface area (Å²) in [6.07, 6.45) is 1.04. The average molecular weight is 413 g/mol. The summed E-state index contributed by atoms with van der Waals surface area (Å²) in [7, 11) is 3.26. The van der Waals surface area contributed by atoms with Crippen molar-refractivity contribution in [1.29, 1.82) is 0 Å². The van der Waals surface area contributed by atoms with Gasteiger partial charge in [-0.25, -0.2) is 0 Å². The minimum absolute atomic E-state index is 0.683. The Kier molecular flexibility index (Phi) is 5.78. The smallest absolute Gasteiger partial charge is 0.235 e. The molecule has 0 saturated carbocycles. The normalized spacial score (nSPS) is 11.1. The van der Waals surface area contributed by atoms with E-state index in [9.17, 15) is 0 Å². The summed E-state index contributed by atoms with van der Waals surface area (Å²) in [4.78, 5) is 0.795. The maximum Gasteiger partial charge on any atom is 0.235 e. The molecule has 2 aromatic heterocycles. The van der Waals surface area contributed by atoms with Crippen molar-refractivity contribution in [3.63, 3.8) is 0 Å². The van der Waals surface area contributed by atoms with Gasteiger partial charge < -0.3 is 9.47 Å². The largest absolute Gasteiger partial charge is 0.493 e. The molecule has 0 radical (unpaired) electrons. The number of rotatable bonds is 8. The van der Waals surface area contributed by atoms with Gasteiger partial charge in [0.15, 0.2) is 17.3 Å². The first-order valence-corrected chi connectivity index (χ1v) is 10.8. The number of methoxy groups -OCH3 is 2. The third-order valence-electron chi connectivity index (χ3n) is 4.29. The first-order chi connectivity index (χ1) is 13.8. The zero-order chi connectivity index (χ0) is 19.3. The second-order valence-electron chi connectivity index (χ2n) is 6.08. The van der Waals surface area contributed by atoms with E-state index in [-0.39, 0.29) is 0 Å². The maximum atomic E-state index is 5.39. The van der Waals surface area contributed by atoms with Crippen molar-refractivity contribution in [1.82, 2.24) is 19.8 Å². The molecule has 2 aromatic carbocycles. The predicted molar refractivity (Wildman–Crippen MR) is 114 cm³/mol. The minimum atomic E-state index is 0.683. The molecule has 0 spiro atoms. The number of hydrogen-bond donors (Lipinski definition) is 0. The van der Waals surface area contributed by atoms with Crippen LogP contribution in [0.25, 0.3) is 15.5 Å². The first kappa shape index (κ1) is 18.8. The predicted octanol–water partition coefficient (Wildman–Crippen LogP) is 4.35. The van der Waals surface area contributed by atoms with E-state index in [1.165, 1.54) is 16.9 Å². The topological polar surface area (TPSA) is 61.5 Å². The highest BCUT2D eigenvalue weighted by Crippen LogP contribution is 2.34. The number of hydrogen-bond acceptors (Lipinski definition) is 7. The fourth-order valence-electron chi connectivity index (χ4n) is 2.83. The Bertz CT molecular complexity index is 1060. The molecule has 0 bridgehead atoms. The Hall–Kier alpha value is -2.58. The van der Waals surface area contributed by atoms with E-state index in [1.807, 2.05) is 40.5 Å². The summed E-state index contributed by atoms with van der Waals surface area (Å²) < 4.78 is 12.5. The van der Waals surface area contributed by atoms with Gasteiger partial charge in [-0.1, -0.05) is 41.7 Å². The molecule has 2 heterocycles. The van der Waals surface area contributed by atoms with Gasteiger partial charge >= 0.3 is 0 Å². The number of ether oxygens (including phenoxy) is 2. The summed E-state index contributed by atoms with van der Waals surface area (Å²) in [6, 6.07) is 16.3. The number of thioether (sulfide) groups is 1.